The van der Waals surface area contributed by atoms with Crippen molar-refractivity contribution in [2.75, 3.05) is 0 Å². The molecule has 2 N–H and O–H groups in total. The molecule has 1 fully saturated rings. The van der Waals surface area contributed by atoms with Crippen LogP contribution in [0.1, 0.15) is 38.2 Å². The minimum Gasteiger partial charge on any atom is -0.325 e. The van der Waals surface area contributed by atoms with Crippen LogP contribution in [0.3, 0.4) is 0 Å². The summed E-state index contributed by atoms with van der Waals surface area (Å²) in [6.45, 7) is 2.19. The van der Waals surface area contributed by atoms with Crippen LogP contribution in [-0.4, -0.2) is 5.54 Å². The maximum absolute atomic E-state index is 13.6. The molecule has 0 heterocycles. The molecule has 0 spiro atoms. The lowest BCUT2D eigenvalue weighted by atomic mass is 9.71. The standard InChI is InChI=1S/C14H20FN/c1-11-6-4-5-9-14(11,16)10-12-7-2-3-8-13(12)15/h2-3,7-8,11H,4-6,9-10,16H2,1H3. The molecule has 2 heteroatoms. The van der Waals surface area contributed by atoms with Gasteiger partial charge in [0.2, 0.25) is 0 Å². The third kappa shape index (κ3) is 2.27. The summed E-state index contributed by atoms with van der Waals surface area (Å²) in [6, 6.07) is 6.99. The van der Waals surface area contributed by atoms with Crippen molar-refractivity contribution in [2.45, 2.75) is 44.6 Å². The molecular weight excluding hydrogens is 201 g/mol. The van der Waals surface area contributed by atoms with Gasteiger partial charge >= 0.3 is 0 Å². The molecular formula is C14H20FN. The molecule has 0 amide bonds. The minimum atomic E-state index is -0.208. The Labute approximate surface area is 96.9 Å². The molecule has 2 unspecified atom stereocenters. The van der Waals surface area contributed by atoms with E-state index < -0.39 is 0 Å². The summed E-state index contributed by atoms with van der Waals surface area (Å²) >= 11 is 0. The summed E-state index contributed by atoms with van der Waals surface area (Å²) in [7, 11) is 0. The molecule has 0 aromatic heterocycles. The second-order valence-electron chi connectivity index (χ2n) is 5.15. The number of hydrogen-bond donors (Lipinski definition) is 1. The first-order chi connectivity index (χ1) is 7.62. The van der Waals surface area contributed by atoms with Crippen molar-refractivity contribution in [3.05, 3.63) is 35.6 Å². The molecule has 1 nitrogen and oxygen atoms in total. The fourth-order valence-electron chi connectivity index (χ4n) is 2.70. The average molecular weight is 221 g/mol. The van der Waals surface area contributed by atoms with E-state index in [4.69, 9.17) is 5.73 Å². The van der Waals surface area contributed by atoms with E-state index in [0.29, 0.717) is 12.3 Å². The zero-order valence-electron chi connectivity index (χ0n) is 9.88. The zero-order valence-corrected chi connectivity index (χ0v) is 9.88. The highest BCUT2D eigenvalue weighted by Crippen LogP contribution is 2.34. The molecule has 16 heavy (non-hydrogen) atoms. The lowest BCUT2D eigenvalue weighted by Gasteiger charge is -2.39. The summed E-state index contributed by atoms with van der Waals surface area (Å²) < 4.78 is 13.6. The van der Waals surface area contributed by atoms with Crippen molar-refractivity contribution in [2.24, 2.45) is 11.7 Å². The highest BCUT2D eigenvalue weighted by atomic mass is 19.1. The summed E-state index contributed by atoms with van der Waals surface area (Å²) in [4.78, 5) is 0. The second-order valence-corrected chi connectivity index (χ2v) is 5.15. The van der Waals surface area contributed by atoms with E-state index >= 15 is 0 Å². The lowest BCUT2D eigenvalue weighted by Crippen LogP contribution is -2.50. The highest BCUT2D eigenvalue weighted by Gasteiger charge is 2.34. The Morgan fingerprint density at radius 1 is 1.38 bits per heavy atom. The molecule has 1 aliphatic rings. The topological polar surface area (TPSA) is 26.0 Å². The van der Waals surface area contributed by atoms with Gasteiger partial charge in [-0.25, -0.2) is 4.39 Å². The molecule has 0 bridgehead atoms. The van der Waals surface area contributed by atoms with Crippen molar-refractivity contribution in [1.82, 2.24) is 0 Å². The van der Waals surface area contributed by atoms with Crippen molar-refractivity contribution in [3.63, 3.8) is 0 Å². The predicted octanol–water partition coefficient (Wildman–Crippen LogP) is 3.28. The van der Waals surface area contributed by atoms with Crippen LogP contribution >= 0.6 is 0 Å². The van der Waals surface area contributed by atoms with E-state index in [1.54, 1.807) is 6.07 Å². The molecule has 0 radical (unpaired) electrons. The molecule has 2 rings (SSSR count). The molecule has 0 aliphatic heterocycles. The van der Waals surface area contributed by atoms with Gasteiger partial charge in [-0.15, -0.1) is 0 Å². The van der Waals surface area contributed by atoms with Crippen molar-refractivity contribution < 1.29 is 4.39 Å². The fourth-order valence-corrected chi connectivity index (χ4v) is 2.70. The van der Waals surface area contributed by atoms with Crippen LogP contribution in [0.4, 0.5) is 4.39 Å². The van der Waals surface area contributed by atoms with Gasteiger partial charge in [0, 0.05) is 5.54 Å². The Morgan fingerprint density at radius 3 is 2.81 bits per heavy atom. The summed E-state index contributed by atoms with van der Waals surface area (Å²) in [5.74, 6) is 0.367. The Kier molecular flexibility index (Phi) is 3.29. The number of rotatable bonds is 2. The summed E-state index contributed by atoms with van der Waals surface area (Å²) in [5.41, 5.74) is 6.99. The zero-order chi connectivity index (χ0) is 11.6. The van der Waals surface area contributed by atoms with Gasteiger partial charge in [0.1, 0.15) is 5.82 Å². The van der Waals surface area contributed by atoms with Crippen LogP contribution < -0.4 is 5.73 Å². The maximum atomic E-state index is 13.6. The van der Waals surface area contributed by atoms with Gasteiger partial charge in [0.25, 0.3) is 0 Å². The first-order valence-corrected chi connectivity index (χ1v) is 6.14. The molecule has 1 aromatic rings. The molecule has 1 saturated carbocycles. The third-order valence-electron chi connectivity index (χ3n) is 3.99. The van der Waals surface area contributed by atoms with Crippen LogP contribution in [-0.2, 0) is 6.42 Å². The van der Waals surface area contributed by atoms with E-state index in [1.165, 1.54) is 25.3 Å². The minimum absolute atomic E-state index is 0.120. The Morgan fingerprint density at radius 2 is 2.12 bits per heavy atom. The van der Waals surface area contributed by atoms with Crippen molar-refractivity contribution in [1.29, 1.82) is 0 Å². The summed E-state index contributed by atoms with van der Waals surface area (Å²) in [6.07, 6.45) is 5.29. The molecule has 2 atom stereocenters. The number of halogens is 1. The van der Waals surface area contributed by atoms with Gasteiger partial charge in [0.05, 0.1) is 0 Å². The maximum Gasteiger partial charge on any atom is 0.126 e. The van der Waals surface area contributed by atoms with E-state index in [0.717, 1.165) is 12.0 Å². The van der Waals surface area contributed by atoms with Gasteiger partial charge in [-0.1, -0.05) is 38.0 Å². The van der Waals surface area contributed by atoms with Crippen molar-refractivity contribution >= 4 is 0 Å². The van der Waals surface area contributed by atoms with E-state index in [-0.39, 0.29) is 11.4 Å². The first kappa shape index (κ1) is 11.6. The highest BCUT2D eigenvalue weighted by molar-refractivity contribution is 5.20. The van der Waals surface area contributed by atoms with Crippen molar-refractivity contribution in [3.8, 4) is 0 Å². The van der Waals surface area contributed by atoms with E-state index in [9.17, 15) is 4.39 Å². The van der Waals surface area contributed by atoms with Crippen LogP contribution in [0.5, 0.6) is 0 Å². The molecule has 1 aliphatic carbocycles. The van der Waals surface area contributed by atoms with Gasteiger partial charge in [0.15, 0.2) is 0 Å². The van der Waals surface area contributed by atoms with Gasteiger partial charge < -0.3 is 5.73 Å². The number of benzene rings is 1. The van der Waals surface area contributed by atoms with E-state index in [1.807, 2.05) is 12.1 Å². The van der Waals surface area contributed by atoms with Crippen LogP contribution in [0.15, 0.2) is 24.3 Å². The monoisotopic (exact) mass is 221 g/mol. The van der Waals surface area contributed by atoms with Crippen LogP contribution in [0, 0.1) is 11.7 Å². The van der Waals surface area contributed by atoms with Gasteiger partial charge in [-0.05, 0) is 36.8 Å². The Balaban J connectivity index is 2.16. The number of nitrogens with two attached hydrogens (primary N) is 1. The SMILES string of the molecule is CC1CCCCC1(N)Cc1ccccc1F. The largest absolute Gasteiger partial charge is 0.325 e. The normalized spacial score (nSPS) is 30.3. The molecule has 88 valence electrons. The van der Waals surface area contributed by atoms with Crippen LogP contribution in [0.25, 0.3) is 0 Å². The lowest BCUT2D eigenvalue weighted by molar-refractivity contribution is 0.202. The smallest absolute Gasteiger partial charge is 0.126 e. The Hall–Kier alpha value is -0.890. The summed E-state index contributed by atoms with van der Waals surface area (Å²) in [5, 5.41) is 0. The first-order valence-electron chi connectivity index (χ1n) is 6.14. The quantitative estimate of drug-likeness (QED) is 0.815. The second kappa shape index (κ2) is 4.54. The van der Waals surface area contributed by atoms with Crippen LogP contribution in [0.2, 0.25) is 0 Å². The van der Waals surface area contributed by atoms with Gasteiger partial charge in [-0.2, -0.15) is 0 Å². The van der Waals surface area contributed by atoms with Gasteiger partial charge in [-0.3, -0.25) is 0 Å². The fraction of sp³-hybridized carbons (Fsp3) is 0.571. The number of hydrogen-bond acceptors (Lipinski definition) is 1. The average Bonchev–Trinajstić information content (AvgIpc) is 2.26. The van der Waals surface area contributed by atoms with E-state index in [2.05, 4.69) is 6.92 Å². The molecule has 0 saturated heterocycles. The Bertz CT molecular complexity index is 364. The molecule has 1 aromatic carbocycles. The predicted molar refractivity (Wildman–Crippen MR) is 64.7 cm³/mol. The third-order valence-corrected chi connectivity index (χ3v) is 3.99.